The van der Waals surface area contributed by atoms with Gasteiger partial charge >= 0.3 is 6.03 Å². The van der Waals surface area contributed by atoms with Crippen LogP contribution in [0, 0.1) is 0 Å². The molecule has 29 heavy (non-hydrogen) atoms. The summed E-state index contributed by atoms with van der Waals surface area (Å²) in [6.07, 6.45) is 0. The molecule has 1 fully saturated rings. The predicted molar refractivity (Wildman–Crippen MR) is 121 cm³/mol. The number of nitrogens with zero attached hydrogens (tertiary/aromatic N) is 3. The van der Waals surface area contributed by atoms with Crippen molar-refractivity contribution in [1.29, 1.82) is 0 Å². The van der Waals surface area contributed by atoms with Crippen molar-refractivity contribution in [1.82, 2.24) is 15.1 Å². The molecule has 156 valence electrons. The van der Waals surface area contributed by atoms with Crippen LogP contribution in [0.3, 0.4) is 0 Å². The van der Waals surface area contributed by atoms with Crippen LogP contribution in [-0.2, 0) is 13.1 Å². The molecular formula is C23H31ClN4O. The SMILES string of the molecule is CCN(CC)Cc1ccc(CNC(=O)N2CCN(c3ccccc3Cl)CC2)cc1. The van der Waals surface area contributed by atoms with Crippen LogP contribution >= 0.6 is 11.6 Å². The topological polar surface area (TPSA) is 38.8 Å². The Labute approximate surface area is 179 Å². The van der Waals surface area contributed by atoms with Crippen molar-refractivity contribution in [3.8, 4) is 0 Å². The van der Waals surface area contributed by atoms with Crippen LogP contribution in [0.2, 0.25) is 5.02 Å². The minimum atomic E-state index is -0.00368. The second kappa shape index (κ2) is 10.5. The minimum absolute atomic E-state index is 0.00368. The summed E-state index contributed by atoms with van der Waals surface area (Å²) in [5.74, 6) is 0. The Morgan fingerprint density at radius 3 is 2.21 bits per heavy atom. The second-order valence-electron chi connectivity index (χ2n) is 7.36. The van der Waals surface area contributed by atoms with Crippen LogP contribution in [-0.4, -0.2) is 55.1 Å². The van der Waals surface area contributed by atoms with Gasteiger partial charge in [-0.2, -0.15) is 0 Å². The zero-order chi connectivity index (χ0) is 20.6. The summed E-state index contributed by atoms with van der Waals surface area (Å²) in [7, 11) is 0. The van der Waals surface area contributed by atoms with Crippen molar-refractivity contribution in [2.24, 2.45) is 0 Å². The summed E-state index contributed by atoms with van der Waals surface area (Å²) in [6, 6.07) is 16.4. The number of carbonyl (C=O) groups excluding carboxylic acids is 1. The number of hydrogen-bond donors (Lipinski definition) is 1. The number of anilines is 1. The molecule has 0 atom stereocenters. The van der Waals surface area contributed by atoms with Crippen LogP contribution in [0.25, 0.3) is 0 Å². The van der Waals surface area contributed by atoms with Crippen molar-refractivity contribution >= 4 is 23.3 Å². The molecule has 3 rings (SSSR count). The standard InChI is InChI=1S/C23H31ClN4O/c1-3-26(4-2)18-20-11-9-19(10-12-20)17-25-23(29)28-15-13-27(14-16-28)22-8-6-5-7-21(22)24/h5-12H,3-4,13-18H2,1-2H3,(H,25,29). The fourth-order valence-electron chi connectivity index (χ4n) is 3.62. The second-order valence-corrected chi connectivity index (χ2v) is 7.77. The molecule has 1 N–H and O–H groups in total. The summed E-state index contributed by atoms with van der Waals surface area (Å²) in [6.45, 7) is 11.0. The van der Waals surface area contributed by atoms with E-state index in [0.29, 0.717) is 19.6 Å². The van der Waals surface area contributed by atoms with Gasteiger partial charge in [0.1, 0.15) is 0 Å². The molecule has 0 radical (unpaired) electrons. The molecule has 6 heteroatoms. The van der Waals surface area contributed by atoms with Gasteiger partial charge in [0.2, 0.25) is 0 Å². The number of benzene rings is 2. The van der Waals surface area contributed by atoms with Crippen LogP contribution in [0.4, 0.5) is 10.5 Å². The highest BCUT2D eigenvalue weighted by molar-refractivity contribution is 6.33. The molecule has 1 aliphatic heterocycles. The fraction of sp³-hybridized carbons (Fsp3) is 0.435. The van der Waals surface area contributed by atoms with Gasteiger partial charge in [-0.05, 0) is 36.3 Å². The normalized spacial score (nSPS) is 14.3. The molecule has 0 spiro atoms. The van der Waals surface area contributed by atoms with Crippen molar-refractivity contribution in [2.45, 2.75) is 26.9 Å². The van der Waals surface area contributed by atoms with Crippen molar-refractivity contribution in [2.75, 3.05) is 44.2 Å². The van der Waals surface area contributed by atoms with Gasteiger partial charge in [-0.3, -0.25) is 4.90 Å². The number of para-hydroxylation sites is 1. The Morgan fingerprint density at radius 2 is 1.59 bits per heavy atom. The van der Waals surface area contributed by atoms with Gasteiger partial charge in [0.05, 0.1) is 10.7 Å². The van der Waals surface area contributed by atoms with E-state index in [1.165, 1.54) is 5.56 Å². The summed E-state index contributed by atoms with van der Waals surface area (Å²) in [4.78, 5) is 19.0. The Hall–Kier alpha value is -2.24. The molecule has 2 aromatic rings. The minimum Gasteiger partial charge on any atom is -0.367 e. The first kappa shape index (κ1) is 21.5. The molecule has 1 saturated heterocycles. The van der Waals surface area contributed by atoms with E-state index in [2.05, 4.69) is 53.2 Å². The number of hydrogen-bond acceptors (Lipinski definition) is 3. The number of rotatable bonds is 7. The Morgan fingerprint density at radius 1 is 0.966 bits per heavy atom. The molecule has 0 bridgehead atoms. The molecule has 5 nitrogen and oxygen atoms in total. The smallest absolute Gasteiger partial charge is 0.317 e. The van der Waals surface area contributed by atoms with Gasteiger partial charge in [0, 0.05) is 39.3 Å². The highest BCUT2D eigenvalue weighted by atomic mass is 35.5. The third-order valence-corrected chi connectivity index (χ3v) is 5.85. The lowest BCUT2D eigenvalue weighted by molar-refractivity contribution is 0.194. The number of amides is 2. The van der Waals surface area contributed by atoms with Gasteiger partial charge in [0.15, 0.2) is 0 Å². The number of halogens is 1. The lowest BCUT2D eigenvalue weighted by Gasteiger charge is -2.36. The van der Waals surface area contributed by atoms with E-state index < -0.39 is 0 Å². The largest absolute Gasteiger partial charge is 0.367 e. The molecule has 0 aliphatic carbocycles. The third kappa shape index (κ3) is 5.87. The van der Waals surface area contributed by atoms with E-state index in [-0.39, 0.29) is 6.03 Å². The average molecular weight is 415 g/mol. The number of urea groups is 1. The first-order valence-corrected chi connectivity index (χ1v) is 10.8. The third-order valence-electron chi connectivity index (χ3n) is 5.53. The molecule has 1 heterocycles. The van der Waals surface area contributed by atoms with Crippen LogP contribution in [0.15, 0.2) is 48.5 Å². The summed E-state index contributed by atoms with van der Waals surface area (Å²) in [5, 5.41) is 3.81. The molecule has 2 amide bonds. The van der Waals surface area contributed by atoms with Crippen molar-refractivity contribution < 1.29 is 4.79 Å². The maximum absolute atomic E-state index is 12.5. The molecule has 1 aliphatic rings. The zero-order valence-corrected chi connectivity index (χ0v) is 18.2. The van der Waals surface area contributed by atoms with Gasteiger partial charge < -0.3 is 15.1 Å². The van der Waals surface area contributed by atoms with Crippen LogP contribution in [0.1, 0.15) is 25.0 Å². The monoisotopic (exact) mass is 414 g/mol. The molecular weight excluding hydrogens is 384 g/mol. The molecule has 2 aromatic carbocycles. The number of nitrogens with one attached hydrogen (secondary N) is 1. The number of carbonyl (C=O) groups is 1. The van der Waals surface area contributed by atoms with E-state index in [9.17, 15) is 4.79 Å². The van der Waals surface area contributed by atoms with E-state index >= 15 is 0 Å². The summed E-state index contributed by atoms with van der Waals surface area (Å²) < 4.78 is 0. The van der Waals surface area contributed by atoms with E-state index in [0.717, 1.165) is 49.0 Å². The lowest BCUT2D eigenvalue weighted by Crippen LogP contribution is -2.51. The summed E-state index contributed by atoms with van der Waals surface area (Å²) in [5.41, 5.74) is 3.47. The fourth-order valence-corrected chi connectivity index (χ4v) is 3.87. The van der Waals surface area contributed by atoms with Crippen LogP contribution in [0.5, 0.6) is 0 Å². The number of piperazine rings is 1. The first-order chi connectivity index (χ1) is 14.1. The first-order valence-electron chi connectivity index (χ1n) is 10.4. The van der Waals surface area contributed by atoms with Crippen molar-refractivity contribution in [3.05, 3.63) is 64.7 Å². The highest BCUT2D eigenvalue weighted by Gasteiger charge is 2.22. The Bertz CT molecular complexity index is 784. The molecule has 0 saturated carbocycles. The van der Waals surface area contributed by atoms with Crippen molar-refractivity contribution in [3.63, 3.8) is 0 Å². The van der Waals surface area contributed by atoms with E-state index in [1.807, 2.05) is 29.2 Å². The average Bonchev–Trinajstić information content (AvgIpc) is 2.77. The molecule has 0 unspecified atom stereocenters. The van der Waals surface area contributed by atoms with Gasteiger partial charge in [0.25, 0.3) is 0 Å². The zero-order valence-electron chi connectivity index (χ0n) is 17.4. The molecule has 0 aromatic heterocycles. The van der Waals surface area contributed by atoms with Gasteiger partial charge in [-0.1, -0.05) is 61.8 Å². The lowest BCUT2D eigenvalue weighted by atomic mass is 10.1. The maximum Gasteiger partial charge on any atom is 0.317 e. The van der Waals surface area contributed by atoms with Gasteiger partial charge in [-0.15, -0.1) is 0 Å². The predicted octanol–water partition coefficient (Wildman–Crippen LogP) is 4.21. The van der Waals surface area contributed by atoms with Gasteiger partial charge in [-0.25, -0.2) is 4.79 Å². The Balaban J connectivity index is 1.45. The summed E-state index contributed by atoms with van der Waals surface area (Å²) >= 11 is 6.29. The quantitative estimate of drug-likeness (QED) is 0.737. The van der Waals surface area contributed by atoms with E-state index in [4.69, 9.17) is 11.6 Å². The van der Waals surface area contributed by atoms with Crippen LogP contribution < -0.4 is 10.2 Å². The van der Waals surface area contributed by atoms with E-state index in [1.54, 1.807) is 0 Å². The highest BCUT2D eigenvalue weighted by Crippen LogP contribution is 2.26. The maximum atomic E-state index is 12.5. The Kier molecular flexibility index (Phi) is 7.78.